The summed E-state index contributed by atoms with van der Waals surface area (Å²) in [5.74, 6) is 0.0422. The lowest BCUT2D eigenvalue weighted by molar-refractivity contribution is -0.119. The smallest absolute Gasteiger partial charge is 0.153 e. The van der Waals surface area contributed by atoms with E-state index in [0.29, 0.717) is 17.9 Å². The number of carbonyl (C=O) groups excluding carboxylic acids is 1. The highest BCUT2D eigenvalue weighted by atomic mass is 35.5. The molecule has 0 bridgehead atoms. The molecule has 0 aliphatic heterocycles. The molecule has 2 nitrogen and oxygen atoms in total. The molecule has 2 N–H and O–H groups in total. The molecular formula is C11H14ClNO. The SMILES string of the molecule is CCC(N)C(=O)Cc1ccccc1Cl. The Morgan fingerprint density at radius 2 is 2.14 bits per heavy atom. The van der Waals surface area contributed by atoms with Crippen LogP contribution in [0.2, 0.25) is 5.02 Å². The van der Waals surface area contributed by atoms with Crippen molar-refractivity contribution in [3.05, 3.63) is 34.9 Å². The molecule has 0 aromatic heterocycles. The highest BCUT2D eigenvalue weighted by Gasteiger charge is 2.12. The van der Waals surface area contributed by atoms with E-state index in [1.807, 2.05) is 25.1 Å². The maximum Gasteiger partial charge on any atom is 0.153 e. The van der Waals surface area contributed by atoms with E-state index in [4.69, 9.17) is 17.3 Å². The summed E-state index contributed by atoms with van der Waals surface area (Å²) in [5.41, 5.74) is 6.47. The third-order valence-electron chi connectivity index (χ3n) is 2.18. The fourth-order valence-corrected chi connectivity index (χ4v) is 1.39. The van der Waals surface area contributed by atoms with Crippen LogP contribution >= 0.6 is 11.6 Å². The van der Waals surface area contributed by atoms with E-state index in [9.17, 15) is 4.79 Å². The van der Waals surface area contributed by atoms with Gasteiger partial charge in [-0.3, -0.25) is 4.79 Å². The molecule has 0 fully saturated rings. The zero-order valence-corrected chi connectivity index (χ0v) is 8.92. The van der Waals surface area contributed by atoms with Crippen molar-refractivity contribution in [2.45, 2.75) is 25.8 Å². The van der Waals surface area contributed by atoms with Gasteiger partial charge in [0.25, 0.3) is 0 Å². The number of ketones is 1. The van der Waals surface area contributed by atoms with Crippen molar-refractivity contribution in [3.63, 3.8) is 0 Å². The Morgan fingerprint density at radius 1 is 1.50 bits per heavy atom. The maximum atomic E-state index is 11.5. The summed E-state index contributed by atoms with van der Waals surface area (Å²) in [6.07, 6.45) is 0.998. The van der Waals surface area contributed by atoms with Gasteiger partial charge < -0.3 is 5.73 Å². The first-order valence-electron chi connectivity index (χ1n) is 4.66. The van der Waals surface area contributed by atoms with Crippen LogP contribution < -0.4 is 5.73 Å². The molecule has 0 aliphatic rings. The molecular weight excluding hydrogens is 198 g/mol. The minimum atomic E-state index is -0.369. The zero-order valence-electron chi connectivity index (χ0n) is 8.16. The predicted molar refractivity (Wildman–Crippen MR) is 58.4 cm³/mol. The average Bonchev–Trinajstić information content (AvgIpc) is 2.20. The molecule has 0 aliphatic carbocycles. The predicted octanol–water partition coefficient (Wildman–Crippen LogP) is 2.19. The van der Waals surface area contributed by atoms with Crippen molar-refractivity contribution in [3.8, 4) is 0 Å². The van der Waals surface area contributed by atoms with Crippen molar-refractivity contribution < 1.29 is 4.79 Å². The zero-order chi connectivity index (χ0) is 10.6. The van der Waals surface area contributed by atoms with Crippen molar-refractivity contribution in [1.29, 1.82) is 0 Å². The summed E-state index contributed by atoms with van der Waals surface area (Å²) < 4.78 is 0. The van der Waals surface area contributed by atoms with Gasteiger partial charge in [-0.2, -0.15) is 0 Å². The first kappa shape index (κ1) is 11.2. The summed E-state index contributed by atoms with van der Waals surface area (Å²) in [5, 5.41) is 0.629. The van der Waals surface area contributed by atoms with Crippen LogP contribution in [0.5, 0.6) is 0 Å². The van der Waals surface area contributed by atoms with Gasteiger partial charge in [0, 0.05) is 11.4 Å². The van der Waals surface area contributed by atoms with E-state index in [1.165, 1.54) is 0 Å². The molecule has 0 spiro atoms. The number of hydrogen-bond donors (Lipinski definition) is 1. The summed E-state index contributed by atoms with van der Waals surface area (Å²) in [6.45, 7) is 1.90. The molecule has 1 atom stereocenters. The molecule has 0 heterocycles. The lowest BCUT2D eigenvalue weighted by Crippen LogP contribution is -2.30. The van der Waals surface area contributed by atoms with Crippen LogP contribution in [-0.2, 0) is 11.2 Å². The van der Waals surface area contributed by atoms with Crippen molar-refractivity contribution in [2.24, 2.45) is 5.73 Å². The molecule has 1 aromatic rings. The van der Waals surface area contributed by atoms with Crippen LogP contribution in [0.3, 0.4) is 0 Å². The fraction of sp³-hybridized carbons (Fsp3) is 0.364. The third-order valence-corrected chi connectivity index (χ3v) is 2.54. The molecule has 14 heavy (non-hydrogen) atoms. The van der Waals surface area contributed by atoms with Crippen LogP contribution in [0, 0.1) is 0 Å². The van der Waals surface area contributed by atoms with Gasteiger partial charge in [0.15, 0.2) is 5.78 Å². The second-order valence-corrected chi connectivity index (χ2v) is 3.66. The molecule has 76 valence electrons. The fourth-order valence-electron chi connectivity index (χ4n) is 1.19. The van der Waals surface area contributed by atoms with Crippen LogP contribution in [-0.4, -0.2) is 11.8 Å². The Morgan fingerprint density at radius 3 is 2.71 bits per heavy atom. The van der Waals surface area contributed by atoms with Gasteiger partial charge in [0.1, 0.15) is 0 Å². The van der Waals surface area contributed by atoms with Crippen LogP contribution in [0.4, 0.5) is 0 Å². The van der Waals surface area contributed by atoms with Crippen LogP contribution in [0.25, 0.3) is 0 Å². The number of benzene rings is 1. The van der Waals surface area contributed by atoms with E-state index in [2.05, 4.69) is 0 Å². The Kier molecular flexibility index (Phi) is 4.11. The quantitative estimate of drug-likeness (QED) is 0.830. The first-order valence-corrected chi connectivity index (χ1v) is 5.04. The van der Waals surface area contributed by atoms with Gasteiger partial charge in [0.05, 0.1) is 6.04 Å². The van der Waals surface area contributed by atoms with E-state index >= 15 is 0 Å². The number of nitrogens with two attached hydrogens (primary N) is 1. The number of halogens is 1. The largest absolute Gasteiger partial charge is 0.322 e. The standard InChI is InChI=1S/C11H14ClNO/c1-2-10(13)11(14)7-8-5-3-4-6-9(8)12/h3-6,10H,2,7,13H2,1H3. The van der Waals surface area contributed by atoms with E-state index < -0.39 is 0 Å². The molecule has 1 rings (SSSR count). The van der Waals surface area contributed by atoms with Crippen molar-refractivity contribution >= 4 is 17.4 Å². The van der Waals surface area contributed by atoms with E-state index in [1.54, 1.807) is 6.07 Å². The number of rotatable bonds is 4. The Balaban J connectivity index is 2.70. The summed E-state index contributed by atoms with van der Waals surface area (Å²) in [4.78, 5) is 11.5. The normalized spacial score (nSPS) is 12.5. The highest BCUT2D eigenvalue weighted by molar-refractivity contribution is 6.31. The van der Waals surface area contributed by atoms with Crippen LogP contribution in [0.1, 0.15) is 18.9 Å². The molecule has 3 heteroatoms. The molecule has 1 unspecified atom stereocenters. The highest BCUT2D eigenvalue weighted by Crippen LogP contribution is 2.16. The Labute approximate surface area is 89.1 Å². The van der Waals surface area contributed by atoms with Gasteiger partial charge in [-0.1, -0.05) is 36.7 Å². The maximum absolute atomic E-state index is 11.5. The van der Waals surface area contributed by atoms with Gasteiger partial charge in [0.2, 0.25) is 0 Å². The molecule has 0 amide bonds. The topological polar surface area (TPSA) is 43.1 Å². The average molecular weight is 212 g/mol. The van der Waals surface area contributed by atoms with E-state index in [-0.39, 0.29) is 11.8 Å². The monoisotopic (exact) mass is 211 g/mol. The molecule has 0 radical (unpaired) electrons. The van der Waals surface area contributed by atoms with Crippen molar-refractivity contribution in [2.75, 3.05) is 0 Å². The van der Waals surface area contributed by atoms with Gasteiger partial charge in [-0.15, -0.1) is 0 Å². The molecule has 1 aromatic carbocycles. The minimum absolute atomic E-state index is 0.0422. The lowest BCUT2D eigenvalue weighted by Gasteiger charge is -2.08. The van der Waals surface area contributed by atoms with Gasteiger partial charge in [-0.05, 0) is 18.1 Å². The minimum Gasteiger partial charge on any atom is -0.322 e. The first-order chi connectivity index (χ1) is 6.65. The lowest BCUT2D eigenvalue weighted by atomic mass is 10.0. The molecule has 0 saturated heterocycles. The summed E-state index contributed by atoms with van der Waals surface area (Å²) in [7, 11) is 0. The van der Waals surface area contributed by atoms with Gasteiger partial charge in [-0.25, -0.2) is 0 Å². The van der Waals surface area contributed by atoms with Gasteiger partial charge >= 0.3 is 0 Å². The molecule has 0 saturated carbocycles. The van der Waals surface area contributed by atoms with Crippen LogP contribution in [0.15, 0.2) is 24.3 Å². The third kappa shape index (κ3) is 2.82. The van der Waals surface area contributed by atoms with Crippen molar-refractivity contribution in [1.82, 2.24) is 0 Å². The second-order valence-electron chi connectivity index (χ2n) is 3.25. The Bertz CT molecular complexity index is 325. The van der Waals surface area contributed by atoms with E-state index in [0.717, 1.165) is 5.56 Å². The summed E-state index contributed by atoms with van der Waals surface area (Å²) in [6, 6.07) is 6.97. The Hall–Kier alpha value is -0.860. The number of Topliss-reactive ketones (excluding diaryl/α,β-unsaturated/α-hetero) is 1. The summed E-state index contributed by atoms with van der Waals surface area (Å²) >= 11 is 5.92. The number of carbonyl (C=O) groups is 1. The number of hydrogen-bond acceptors (Lipinski definition) is 2. The second kappa shape index (κ2) is 5.13.